The molecule has 0 radical (unpaired) electrons. The molecular weight excluding hydrogens is 439 g/mol. The number of aromatic amines is 1. The van der Waals surface area contributed by atoms with Crippen LogP contribution in [0.4, 0.5) is 33.5 Å². The number of nitrogens with zero attached hydrogens (tertiary/aromatic N) is 2. The van der Waals surface area contributed by atoms with E-state index >= 15 is 0 Å². The number of H-pyrrole nitrogens is 1. The van der Waals surface area contributed by atoms with Gasteiger partial charge in [-0.05, 0) is 17.7 Å². The summed E-state index contributed by atoms with van der Waals surface area (Å²) in [6.45, 7) is -0.0828. The molecule has 0 unspecified atom stereocenters. The maximum atomic E-state index is 14.2. The van der Waals surface area contributed by atoms with Gasteiger partial charge in [0.15, 0.2) is 5.69 Å². The predicted octanol–water partition coefficient (Wildman–Crippen LogP) is 2.74. The third-order valence-corrected chi connectivity index (χ3v) is 4.63. The number of carbonyl (C=O) groups excluding carboxylic acids is 1. The van der Waals surface area contributed by atoms with E-state index in [9.17, 15) is 36.3 Å². The molecule has 1 amide bonds. The van der Waals surface area contributed by atoms with Crippen LogP contribution in [0.1, 0.15) is 21.5 Å². The molecule has 0 saturated heterocycles. The molecule has 0 atom stereocenters. The summed E-state index contributed by atoms with van der Waals surface area (Å²) in [4.78, 5) is 39.7. The number of nitrogen functional groups attached to an aromatic ring is 1. The maximum Gasteiger partial charge on any atom is 0.419 e. The highest BCUT2D eigenvalue weighted by Gasteiger charge is 2.36. The summed E-state index contributed by atoms with van der Waals surface area (Å²) < 4.78 is 67.3. The molecule has 3 aromatic rings. The second-order valence-electron chi connectivity index (χ2n) is 6.74. The Morgan fingerprint density at radius 1 is 1.09 bits per heavy atom. The molecular formula is C20H15F5N4O3. The summed E-state index contributed by atoms with van der Waals surface area (Å²) in [6, 6.07) is 8.40. The van der Waals surface area contributed by atoms with Crippen LogP contribution in [0.2, 0.25) is 0 Å². The van der Waals surface area contributed by atoms with Gasteiger partial charge < -0.3 is 10.6 Å². The van der Waals surface area contributed by atoms with Crippen molar-refractivity contribution in [2.45, 2.75) is 12.7 Å². The van der Waals surface area contributed by atoms with E-state index in [1.165, 1.54) is 0 Å². The van der Waals surface area contributed by atoms with Gasteiger partial charge in [-0.1, -0.05) is 30.3 Å². The van der Waals surface area contributed by atoms with Crippen molar-refractivity contribution in [3.63, 3.8) is 0 Å². The van der Waals surface area contributed by atoms with Gasteiger partial charge in [0.2, 0.25) is 0 Å². The molecule has 168 valence electrons. The molecule has 3 rings (SSSR count). The average Bonchev–Trinajstić information content (AvgIpc) is 2.71. The van der Waals surface area contributed by atoms with Crippen molar-refractivity contribution in [2.75, 3.05) is 17.7 Å². The summed E-state index contributed by atoms with van der Waals surface area (Å²) in [7, 11) is 0.982. The van der Waals surface area contributed by atoms with E-state index in [0.29, 0.717) is 10.5 Å². The zero-order valence-corrected chi connectivity index (χ0v) is 16.3. The molecule has 1 heterocycles. The number of aromatic nitrogens is 2. The van der Waals surface area contributed by atoms with E-state index in [1.54, 1.807) is 30.3 Å². The van der Waals surface area contributed by atoms with Crippen LogP contribution in [0.15, 0.2) is 52.1 Å². The van der Waals surface area contributed by atoms with Gasteiger partial charge in [-0.3, -0.25) is 19.1 Å². The lowest BCUT2D eigenvalue weighted by Gasteiger charge is -2.21. The Kier molecular flexibility index (Phi) is 5.88. The van der Waals surface area contributed by atoms with Crippen molar-refractivity contribution in [3.8, 4) is 0 Å². The van der Waals surface area contributed by atoms with Crippen LogP contribution in [-0.2, 0) is 12.7 Å². The second-order valence-corrected chi connectivity index (χ2v) is 6.74. The SMILES string of the molecule is CN(C(=O)c1cc(F)c(C(F)(F)F)cc1F)c1c(N)n(Cc2ccccc2)c(=O)[nH]c1=O. The third kappa shape index (κ3) is 4.24. The summed E-state index contributed by atoms with van der Waals surface area (Å²) >= 11 is 0. The Morgan fingerprint density at radius 3 is 2.31 bits per heavy atom. The van der Waals surface area contributed by atoms with E-state index in [-0.39, 0.29) is 18.7 Å². The van der Waals surface area contributed by atoms with E-state index in [2.05, 4.69) is 0 Å². The van der Waals surface area contributed by atoms with Crippen LogP contribution in [0.25, 0.3) is 0 Å². The number of nitrogens with two attached hydrogens (primary N) is 1. The van der Waals surface area contributed by atoms with E-state index < -0.39 is 57.6 Å². The van der Waals surface area contributed by atoms with Crippen LogP contribution in [-0.4, -0.2) is 22.5 Å². The maximum absolute atomic E-state index is 14.2. The highest BCUT2D eigenvalue weighted by Crippen LogP contribution is 2.33. The molecule has 3 N–H and O–H groups in total. The highest BCUT2D eigenvalue weighted by molar-refractivity contribution is 6.07. The van der Waals surface area contributed by atoms with Gasteiger partial charge in [-0.2, -0.15) is 13.2 Å². The number of nitrogens with one attached hydrogen (secondary N) is 1. The highest BCUT2D eigenvalue weighted by atomic mass is 19.4. The smallest absolute Gasteiger partial charge is 0.383 e. The van der Waals surface area contributed by atoms with Gasteiger partial charge in [-0.25, -0.2) is 13.6 Å². The topological polar surface area (TPSA) is 101 Å². The summed E-state index contributed by atoms with van der Waals surface area (Å²) in [6.07, 6.45) is -5.17. The number of hydrogen-bond acceptors (Lipinski definition) is 4. The van der Waals surface area contributed by atoms with Gasteiger partial charge >= 0.3 is 11.9 Å². The van der Waals surface area contributed by atoms with Gasteiger partial charge in [-0.15, -0.1) is 0 Å². The zero-order chi connectivity index (χ0) is 23.8. The molecule has 0 saturated carbocycles. The normalized spacial score (nSPS) is 11.4. The Morgan fingerprint density at radius 2 is 1.72 bits per heavy atom. The monoisotopic (exact) mass is 454 g/mol. The lowest BCUT2D eigenvalue weighted by molar-refractivity contribution is -0.140. The summed E-state index contributed by atoms with van der Waals surface area (Å²) in [5.74, 6) is -5.32. The zero-order valence-electron chi connectivity index (χ0n) is 16.3. The summed E-state index contributed by atoms with van der Waals surface area (Å²) in [5.41, 5.74) is 1.07. The average molecular weight is 454 g/mol. The van der Waals surface area contributed by atoms with Crippen molar-refractivity contribution in [2.24, 2.45) is 0 Å². The van der Waals surface area contributed by atoms with Crippen LogP contribution in [0.5, 0.6) is 0 Å². The third-order valence-electron chi connectivity index (χ3n) is 4.63. The number of alkyl halides is 3. The quantitative estimate of drug-likeness (QED) is 0.592. The first-order valence-electron chi connectivity index (χ1n) is 8.92. The van der Waals surface area contributed by atoms with Crippen LogP contribution < -0.4 is 21.9 Å². The minimum atomic E-state index is -5.17. The van der Waals surface area contributed by atoms with E-state index in [4.69, 9.17) is 5.73 Å². The molecule has 0 aliphatic heterocycles. The molecule has 12 heteroatoms. The number of anilines is 2. The molecule has 0 bridgehead atoms. The Balaban J connectivity index is 2.06. The number of amides is 1. The Labute approximate surface area is 176 Å². The minimum Gasteiger partial charge on any atom is -0.383 e. The Hall–Kier alpha value is -3.96. The standard InChI is InChI=1S/C20H15F5N4O3/c1-28(18(31)11-7-14(22)12(8-13(11)21)20(23,24)25)15-16(26)29(19(32)27-17(15)30)9-10-5-3-2-4-6-10/h2-8H,9,26H2,1H3,(H,27,30,32). The Bertz CT molecular complexity index is 1300. The molecule has 2 aromatic carbocycles. The fourth-order valence-corrected chi connectivity index (χ4v) is 3.03. The first kappa shape index (κ1) is 22.7. The molecule has 0 spiro atoms. The van der Waals surface area contributed by atoms with Crippen molar-refractivity contribution in [3.05, 3.63) is 91.6 Å². The van der Waals surface area contributed by atoms with Gasteiger partial charge in [0, 0.05) is 7.05 Å². The van der Waals surface area contributed by atoms with Gasteiger partial charge in [0.05, 0.1) is 17.7 Å². The number of hydrogen-bond donors (Lipinski definition) is 2. The van der Waals surface area contributed by atoms with Crippen LogP contribution >= 0.6 is 0 Å². The van der Waals surface area contributed by atoms with Crippen molar-refractivity contribution >= 4 is 17.4 Å². The van der Waals surface area contributed by atoms with Crippen molar-refractivity contribution in [1.82, 2.24) is 9.55 Å². The van der Waals surface area contributed by atoms with Crippen molar-refractivity contribution < 1.29 is 26.7 Å². The van der Waals surface area contributed by atoms with Gasteiger partial charge in [0.1, 0.15) is 17.5 Å². The number of carbonyl (C=O) groups is 1. The molecule has 1 aromatic heterocycles. The fourth-order valence-electron chi connectivity index (χ4n) is 3.03. The first-order valence-corrected chi connectivity index (χ1v) is 8.92. The largest absolute Gasteiger partial charge is 0.419 e. The first-order chi connectivity index (χ1) is 14.9. The number of rotatable bonds is 4. The van der Waals surface area contributed by atoms with E-state index in [0.717, 1.165) is 11.6 Å². The molecule has 0 aliphatic carbocycles. The number of halogens is 5. The lowest BCUT2D eigenvalue weighted by atomic mass is 10.1. The molecule has 0 aliphatic rings. The number of benzene rings is 2. The molecule has 7 nitrogen and oxygen atoms in total. The lowest BCUT2D eigenvalue weighted by Crippen LogP contribution is -2.39. The fraction of sp³-hybridized carbons (Fsp3) is 0.150. The van der Waals surface area contributed by atoms with Crippen molar-refractivity contribution in [1.29, 1.82) is 0 Å². The molecule has 0 fully saturated rings. The van der Waals surface area contributed by atoms with E-state index in [1.807, 2.05) is 4.98 Å². The minimum absolute atomic E-state index is 0.0828. The molecule has 32 heavy (non-hydrogen) atoms. The predicted molar refractivity (Wildman–Crippen MR) is 105 cm³/mol. The van der Waals surface area contributed by atoms with Crippen LogP contribution in [0, 0.1) is 11.6 Å². The second kappa shape index (κ2) is 8.29. The van der Waals surface area contributed by atoms with Gasteiger partial charge in [0.25, 0.3) is 11.5 Å². The van der Waals surface area contributed by atoms with Crippen LogP contribution in [0.3, 0.4) is 0 Å². The summed E-state index contributed by atoms with van der Waals surface area (Å²) in [5, 5.41) is 0.